The monoisotopic (exact) mass is 946 g/mol. The van der Waals surface area contributed by atoms with Crippen LogP contribution in [0.15, 0.2) is 85.1 Å². The highest BCUT2D eigenvalue weighted by Crippen LogP contribution is 2.17. The van der Waals surface area contributed by atoms with Gasteiger partial charge in [-0.15, -0.1) is 0 Å². The van der Waals surface area contributed by atoms with Gasteiger partial charge in [-0.25, -0.2) is 0 Å². The fourth-order valence-electron chi connectivity index (χ4n) is 8.85. The standard InChI is InChI=1S/C64H115NO3/c1-3-5-7-9-11-13-15-17-19-21-22-23-24-25-26-27-28-29-30-31-32-33-34-35-36-37-38-39-40-41-42-44-46-48-50-52-54-56-58-60-64(68)65-62(61-66)63(67)59-57-55-53-51-49-47-45-43-20-18-16-14-12-10-8-6-4-2/h5,7,11,13,17,19-20,22-23,43,49,51,57,59,62-63,66-67H,3-4,6,8-10,12,14-16,18,21,24-42,44-48,50,52-56,58,60-61H2,1-2H3,(H,65,68)/b7-5-,13-11-,19-17-,23-22-,43-20+,51-49+,59-57+. The summed E-state index contributed by atoms with van der Waals surface area (Å²) < 4.78 is 0. The molecule has 1 amide bonds. The van der Waals surface area contributed by atoms with Crippen molar-refractivity contribution < 1.29 is 15.0 Å². The second-order valence-corrected chi connectivity index (χ2v) is 20.0. The maximum Gasteiger partial charge on any atom is 0.220 e. The van der Waals surface area contributed by atoms with Crippen LogP contribution in [-0.4, -0.2) is 34.9 Å². The largest absolute Gasteiger partial charge is 0.394 e. The normalized spacial score (nSPS) is 13.4. The molecule has 4 heteroatoms. The Morgan fingerprint density at radius 3 is 1.03 bits per heavy atom. The van der Waals surface area contributed by atoms with Crippen LogP contribution in [0.3, 0.4) is 0 Å². The Morgan fingerprint density at radius 2 is 0.662 bits per heavy atom. The number of carbonyl (C=O) groups excluding carboxylic acids is 1. The summed E-state index contributed by atoms with van der Waals surface area (Å²) >= 11 is 0. The van der Waals surface area contributed by atoms with Crippen LogP contribution in [0.1, 0.15) is 296 Å². The van der Waals surface area contributed by atoms with Gasteiger partial charge in [-0.05, 0) is 83.5 Å². The van der Waals surface area contributed by atoms with Gasteiger partial charge in [0.1, 0.15) is 0 Å². The molecule has 0 bridgehead atoms. The van der Waals surface area contributed by atoms with Crippen LogP contribution in [0.4, 0.5) is 0 Å². The minimum absolute atomic E-state index is 0.0752. The first-order valence-electron chi connectivity index (χ1n) is 29.8. The molecule has 0 heterocycles. The number of hydrogen-bond acceptors (Lipinski definition) is 3. The maximum absolute atomic E-state index is 12.5. The summed E-state index contributed by atoms with van der Waals surface area (Å²) in [6, 6.07) is -0.647. The van der Waals surface area contributed by atoms with Crippen molar-refractivity contribution >= 4 is 5.91 Å². The fraction of sp³-hybridized carbons (Fsp3) is 0.766. The number of aliphatic hydroxyl groups is 2. The zero-order valence-corrected chi connectivity index (χ0v) is 45.4. The summed E-state index contributed by atoms with van der Waals surface area (Å²) in [6.07, 6.45) is 86.3. The van der Waals surface area contributed by atoms with Crippen LogP contribution in [0, 0.1) is 0 Å². The Hall–Kier alpha value is -2.43. The lowest BCUT2D eigenvalue weighted by molar-refractivity contribution is -0.123. The average molecular weight is 947 g/mol. The van der Waals surface area contributed by atoms with Crippen molar-refractivity contribution in [2.24, 2.45) is 0 Å². The van der Waals surface area contributed by atoms with Gasteiger partial charge in [0.25, 0.3) is 0 Å². The Kier molecular flexibility index (Phi) is 56.8. The summed E-state index contributed by atoms with van der Waals surface area (Å²) in [5.41, 5.74) is 0. The van der Waals surface area contributed by atoms with Crippen LogP contribution >= 0.6 is 0 Å². The van der Waals surface area contributed by atoms with Crippen molar-refractivity contribution in [2.75, 3.05) is 6.61 Å². The number of amides is 1. The van der Waals surface area contributed by atoms with Crippen molar-refractivity contribution in [3.63, 3.8) is 0 Å². The van der Waals surface area contributed by atoms with Crippen LogP contribution in [0.25, 0.3) is 0 Å². The molecule has 0 fully saturated rings. The van der Waals surface area contributed by atoms with E-state index in [9.17, 15) is 15.0 Å². The number of rotatable bonds is 54. The average Bonchev–Trinajstić information content (AvgIpc) is 3.34. The molecule has 0 saturated carbocycles. The lowest BCUT2D eigenvalue weighted by Gasteiger charge is -2.19. The topological polar surface area (TPSA) is 69.6 Å². The van der Waals surface area contributed by atoms with Crippen LogP contribution in [0.2, 0.25) is 0 Å². The second kappa shape index (κ2) is 58.9. The van der Waals surface area contributed by atoms with E-state index in [2.05, 4.69) is 92.1 Å². The first-order valence-corrected chi connectivity index (χ1v) is 29.8. The molecule has 0 saturated heterocycles. The van der Waals surface area contributed by atoms with Gasteiger partial charge in [0.05, 0.1) is 18.8 Å². The predicted molar refractivity (Wildman–Crippen MR) is 303 cm³/mol. The minimum Gasteiger partial charge on any atom is -0.394 e. The number of allylic oxidation sites excluding steroid dienone is 13. The highest BCUT2D eigenvalue weighted by molar-refractivity contribution is 5.76. The number of hydrogen-bond donors (Lipinski definition) is 3. The molecule has 2 unspecified atom stereocenters. The van der Waals surface area contributed by atoms with E-state index in [0.29, 0.717) is 6.42 Å². The smallest absolute Gasteiger partial charge is 0.220 e. The van der Waals surface area contributed by atoms with Crippen molar-refractivity contribution in [1.29, 1.82) is 0 Å². The molecule has 2 atom stereocenters. The number of aliphatic hydroxyl groups excluding tert-OH is 2. The Bertz CT molecular complexity index is 1210. The van der Waals surface area contributed by atoms with Gasteiger partial charge in [-0.1, -0.05) is 292 Å². The molecule has 0 aliphatic heterocycles. The van der Waals surface area contributed by atoms with E-state index in [-0.39, 0.29) is 12.5 Å². The first-order chi connectivity index (χ1) is 33.7. The van der Waals surface area contributed by atoms with Crippen molar-refractivity contribution in [3.8, 4) is 0 Å². The molecule has 394 valence electrons. The number of unbranched alkanes of at least 4 members (excludes halogenated alkanes) is 35. The lowest BCUT2D eigenvalue weighted by atomic mass is 10.0. The van der Waals surface area contributed by atoms with Gasteiger partial charge in [-0.3, -0.25) is 4.79 Å². The zero-order valence-electron chi connectivity index (χ0n) is 45.4. The van der Waals surface area contributed by atoms with Gasteiger partial charge < -0.3 is 15.5 Å². The van der Waals surface area contributed by atoms with E-state index in [1.165, 1.54) is 212 Å². The summed E-state index contributed by atoms with van der Waals surface area (Å²) in [5.74, 6) is -0.0752. The molecule has 68 heavy (non-hydrogen) atoms. The number of nitrogens with one attached hydrogen (secondary N) is 1. The predicted octanol–water partition coefficient (Wildman–Crippen LogP) is 19.9. The third kappa shape index (κ3) is 54.5. The summed E-state index contributed by atoms with van der Waals surface area (Å²) in [7, 11) is 0. The van der Waals surface area contributed by atoms with E-state index in [1.54, 1.807) is 6.08 Å². The lowest BCUT2D eigenvalue weighted by Crippen LogP contribution is -2.45. The molecule has 0 aliphatic rings. The van der Waals surface area contributed by atoms with Crippen molar-refractivity contribution in [1.82, 2.24) is 5.32 Å². The molecule has 0 spiro atoms. The van der Waals surface area contributed by atoms with E-state index in [0.717, 1.165) is 64.2 Å². The highest BCUT2D eigenvalue weighted by atomic mass is 16.3. The first kappa shape index (κ1) is 65.6. The van der Waals surface area contributed by atoms with Crippen LogP contribution < -0.4 is 5.32 Å². The second-order valence-electron chi connectivity index (χ2n) is 20.0. The maximum atomic E-state index is 12.5. The molecule has 0 aromatic carbocycles. The highest BCUT2D eigenvalue weighted by Gasteiger charge is 2.18. The van der Waals surface area contributed by atoms with E-state index >= 15 is 0 Å². The summed E-state index contributed by atoms with van der Waals surface area (Å²) in [6.45, 7) is 4.19. The van der Waals surface area contributed by atoms with Gasteiger partial charge >= 0.3 is 0 Å². The molecule has 0 radical (unpaired) electrons. The third-order valence-electron chi connectivity index (χ3n) is 13.3. The van der Waals surface area contributed by atoms with Crippen LogP contribution in [0.5, 0.6) is 0 Å². The molecular formula is C64H115NO3. The van der Waals surface area contributed by atoms with Gasteiger partial charge in [0.2, 0.25) is 5.91 Å². The molecular weight excluding hydrogens is 831 g/mol. The molecule has 0 aliphatic carbocycles. The minimum atomic E-state index is -0.871. The molecule has 4 nitrogen and oxygen atoms in total. The quantitative estimate of drug-likeness (QED) is 0.0420. The molecule has 3 N–H and O–H groups in total. The summed E-state index contributed by atoms with van der Waals surface area (Å²) in [4.78, 5) is 12.5. The summed E-state index contributed by atoms with van der Waals surface area (Å²) in [5, 5.41) is 23.1. The molecule has 0 rings (SSSR count). The van der Waals surface area contributed by atoms with E-state index in [4.69, 9.17) is 0 Å². The Balaban J connectivity index is 3.45. The van der Waals surface area contributed by atoms with Crippen molar-refractivity contribution in [2.45, 2.75) is 309 Å². The fourth-order valence-corrected chi connectivity index (χ4v) is 8.85. The van der Waals surface area contributed by atoms with Gasteiger partial charge in [-0.2, -0.15) is 0 Å². The molecule has 0 aromatic rings. The third-order valence-corrected chi connectivity index (χ3v) is 13.3. The van der Waals surface area contributed by atoms with E-state index < -0.39 is 12.1 Å². The van der Waals surface area contributed by atoms with E-state index in [1.807, 2.05) is 6.08 Å². The SMILES string of the molecule is CC/C=C\C/C=C\C/C=C\C/C=C\CCCCCCCCCCCCCCCCCCCCCCCCCCCCC(=O)NC(CO)C(O)/C=C/CC/C=C/CC/C=C/CCCCCCCCC. The zero-order chi connectivity index (χ0) is 49.2. The Labute approximate surface area is 424 Å². The molecule has 0 aromatic heterocycles. The van der Waals surface area contributed by atoms with Gasteiger partial charge in [0, 0.05) is 6.42 Å². The Morgan fingerprint density at radius 1 is 0.368 bits per heavy atom. The van der Waals surface area contributed by atoms with Gasteiger partial charge in [0.15, 0.2) is 0 Å². The number of carbonyl (C=O) groups is 1. The van der Waals surface area contributed by atoms with Crippen LogP contribution in [-0.2, 0) is 4.79 Å². The van der Waals surface area contributed by atoms with Crippen molar-refractivity contribution in [3.05, 3.63) is 85.1 Å².